The lowest BCUT2D eigenvalue weighted by atomic mass is 9.70. The van der Waals surface area contributed by atoms with Crippen molar-refractivity contribution in [3.05, 3.63) is 95.6 Å². The Balaban J connectivity index is 1.72. The van der Waals surface area contributed by atoms with Crippen molar-refractivity contribution in [2.24, 2.45) is 5.41 Å². The molecule has 0 saturated heterocycles. The molecule has 0 spiro atoms. The summed E-state index contributed by atoms with van der Waals surface area (Å²) >= 11 is 0. The number of carbonyl (C=O) groups is 1. The molecule has 0 aliphatic carbocycles. The molecule has 1 amide bonds. The minimum absolute atomic E-state index is 0.118. The van der Waals surface area contributed by atoms with E-state index in [1.54, 1.807) is 12.1 Å². The number of nitrogens with one attached hydrogen (secondary N) is 1. The zero-order valence-electron chi connectivity index (χ0n) is 20.0. The van der Waals surface area contributed by atoms with E-state index >= 15 is 0 Å². The fourth-order valence-electron chi connectivity index (χ4n) is 4.99. The van der Waals surface area contributed by atoms with Gasteiger partial charge in [0.05, 0.1) is 16.8 Å². The Kier molecular flexibility index (Phi) is 7.28. The van der Waals surface area contributed by atoms with Gasteiger partial charge in [0.2, 0.25) is 0 Å². The number of hydrogen-bond donors (Lipinski definition) is 2. The average Bonchev–Trinajstić information content (AvgIpc) is 2.94. The van der Waals surface area contributed by atoms with Crippen LogP contribution in [-0.4, -0.2) is 31.5 Å². The van der Waals surface area contributed by atoms with Gasteiger partial charge in [-0.1, -0.05) is 74.5 Å². The molecule has 2 N–H and O–H groups in total. The van der Waals surface area contributed by atoms with Gasteiger partial charge in [0, 0.05) is 17.0 Å². The Morgan fingerprint density at radius 2 is 1.63 bits per heavy atom. The highest BCUT2D eigenvalue weighted by molar-refractivity contribution is 7.91. The molecule has 1 aliphatic rings. The summed E-state index contributed by atoms with van der Waals surface area (Å²) in [7, 11) is -3.68. The molecule has 0 saturated carbocycles. The van der Waals surface area contributed by atoms with Gasteiger partial charge in [-0.25, -0.2) is 13.2 Å². The molecule has 0 bridgehead atoms. The second-order valence-corrected chi connectivity index (χ2v) is 11.1. The van der Waals surface area contributed by atoms with Crippen LogP contribution in [-0.2, 0) is 21.2 Å². The number of ether oxygens (including phenoxy) is 1. The van der Waals surface area contributed by atoms with Crippen molar-refractivity contribution in [2.45, 2.75) is 50.2 Å². The smallest absolute Gasteiger partial charge is 0.411 e. The molecule has 35 heavy (non-hydrogen) atoms. The molecule has 3 aromatic carbocycles. The van der Waals surface area contributed by atoms with Crippen LogP contribution in [0.4, 0.5) is 10.5 Å². The number of rotatable bonds is 6. The Hall–Kier alpha value is -3.16. The zero-order valence-corrected chi connectivity index (χ0v) is 20.8. The van der Waals surface area contributed by atoms with Crippen molar-refractivity contribution in [1.29, 1.82) is 0 Å². The second-order valence-electron chi connectivity index (χ2n) is 9.10. The predicted molar refractivity (Wildman–Crippen MR) is 136 cm³/mol. The Labute approximate surface area is 206 Å². The van der Waals surface area contributed by atoms with Crippen molar-refractivity contribution in [3.8, 4) is 0 Å². The minimum atomic E-state index is -3.68. The summed E-state index contributed by atoms with van der Waals surface area (Å²) < 4.78 is 32.4. The lowest BCUT2D eigenvalue weighted by Crippen LogP contribution is -2.42. The summed E-state index contributed by atoms with van der Waals surface area (Å²) in [5.74, 6) is -0.693. The molecular formula is C28H31NO5S. The van der Waals surface area contributed by atoms with E-state index in [4.69, 9.17) is 4.74 Å². The van der Waals surface area contributed by atoms with E-state index in [2.05, 4.69) is 5.32 Å². The first-order valence-electron chi connectivity index (χ1n) is 11.9. The van der Waals surface area contributed by atoms with Gasteiger partial charge < -0.3 is 9.84 Å². The number of carbonyl (C=O) groups excluding carboxylic acids is 1. The van der Waals surface area contributed by atoms with Crippen LogP contribution in [0, 0.1) is 5.41 Å². The van der Waals surface area contributed by atoms with Gasteiger partial charge in [-0.2, -0.15) is 0 Å². The van der Waals surface area contributed by atoms with Gasteiger partial charge in [0.1, 0.15) is 6.61 Å². The van der Waals surface area contributed by atoms with Crippen LogP contribution < -0.4 is 5.32 Å². The summed E-state index contributed by atoms with van der Waals surface area (Å²) in [6, 6.07) is 23.5. The third-order valence-electron chi connectivity index (χ3n) is 7.13. The first-order valence-corrected chi connectivity index (χ1v) is 13.5. The molecule has 1 heterocycles. The molecule has 184 valence electrons. The van der Waals surface area contributed by atoms with Crippen molar-refractivity contribution in [2.75, 3.05) is 11.1 Å². The summed E-state index contributed by atoms with van der Waals surface area (Å²) in [6.07, 6.45) is -0.509. The fraction of sp³-hybridized carbons (Fsp3) is 0.321. The maximum absolute atomic E-state index is 13.5. The fourth-order valence-corrected chi connectivity index (χ4v) is 7.30. The highest BCUT2D eigenvalue weighted by atomic mass is 32.2. The highest BCUT2D eigenvalue weighted by Crippen LogP contribution is 2.48. The number of aliphatic hydroxyl groups is 1. The van der Waals surface area contributed by atoms with E-state index in [0.717, 1.165) is 11.1 Å². The number of fused-ring (bicyclic) bond motifs is 1. The molecule has 7 heteroatoms. The number of sulfone groups is 1. The summed E-state index contributed by atoms with van der Waals surface area (Å²) in [4.78, 5) is 12.7. The Bertz CT molecular complexity index is 1270. The normalized spacial score (nSPS) is 20.3. The predicted octanol–water partition coefficient (Wildman–Crippen LogP) is 5.52. The molecule has 3 aromatic rings. The zero-order chi connectivity index (χ0) is 25.1. The van der Waals surface area contributed by atoms with Crippen molar-refractivity contribution in [3.63, 3.8) is 0 Å². The molecule has 6 nitrogen and oxygen atoms in total. The van der Waals surface area contributed by atoms with Crippen LogP contribution in [0.2, 0.25) is 0 Å². The van der Waals surface area contributed by atoms with Gasteiger partial charge in [0.15, 0.2) is 9.84 Å². The SMILES string of the molecule is CCC1(CC)CS(=O)(=O)c2ccc(NC(=O)OCc3ccccc3)cc2[C@@H](c2ccccc2)[C@H]1O. The van der Waals surface area contributed by atoms with E-state index in [-0.39, 0.29) is 17.3 Å². The number of aliphatic hydroxyl groups excluding tert-OH is 1. The Morgan fingerprint density at radius 1 is 1.00 bits per heavy atom. The summed E-state index contributed by atoms with van der Waals surface area (Å²) in [6.45, 7) is 3.97. The maximum atomic E-state index is 13.5. The monoisotopic (exact) mass is 493 g/mol. The summed E-state index contributed by atoms with van der Waals surface area (Å²) in [5.41, 5.74) is 1.78. The van der Waals surface area contributed by atoms with Gasteiger partial charge in [-0.15, -0.1) is 0 Å². The van der Waals surface area contributed by atoms with E-state index in [0.29, 0.717) is 24.1 Å². The van der Waals surface area contributed by atoms with Gasteiger partial charge >= 0.3 is 6.09 Å². The molecule has 0 fully saturated rings. The standard InChI is InChI=1S/C28H31NO5S/c1-3-28(4-2)19-35(32,33)24-16-15-22(29-27(31)34-18-20-11-7-5-8-12-20)17-23(24)25(26(28)30)21-13-9-6-10-14-21/h5-17,25-26,30H,3-4,18-19H2,1-2H3,(H,29,31)/t25-,26-/m1/s1. The average molecular weight is 494 g/mol. The van der Waals surface area contributed by atoms with Crippen molar-refractivity contribution >= 4 is 21.6 Å². The van der Waals surface area contributed by atoms with E-state index in [1.165, 1.54) is 6.07 Å². The van der Waals surface area contributed by atoms with Crippen LogP contribution in [0.3, 0.4) is 0 Å². The van der Waals surface area contributed by atoms with E-state index in [9.17, 15) is 18.3 Å². The molecule has 2 atom stereocenters. The minimum Gasteiger partial charge on any atom is -0.444 e. The largest absolute Gasteiger partial charge is 0.444 e. The number of benzene rings is 3. The lowest BCUT2D eigenvalue weighted by Gasteiger charge is -2.38. The molecular weight excluding hydrogens is 462 g/mol. The first kappa shape index (κ1) is 24.9. The van der Waals surface area contributed by atoms with Crippen LogP contribution >= 0.6 is 0 Å². The van der Waals surface area contributed by atoms with Crippen LogP contribution in [0.15, 0.2) is 83.8 Å². The molecule has 1 aliphatic heterocycles. The van der Waals surface area contributed by atoms with Crippen molar-refractivity contribution in [1.82, 2.24) is 0 Å². The lowest BCUT2D eigenvalue weighted by molar-refractivity contribution is 0.0221. The number of anilines is 1. The maximum Gasteiger partial charge on any atom is 0.411 e. The topological polar surface area (TPSA) is 92.7 Å². The van der Waals surface area contributed by atoms with Gasteiger partial charge in [-0.05, 0) is 47.7 Å². The molecule has 0 radical (unpaired) electrons. The second kappa shape index (κ2) is 10.2. The van der Waals surface area contributed by atoms with E-state index in [1.807, 2.05) is 74.5 Å². The highest BCUT2D eigenvalue weighted by Gasteiger charge is 2.48. The molecule has 0 unspecified atom stereocenters. The Morgan fingerprint density at radius 3 is 2.26 bits per heavy atom. The van der Waals surface area contributed by atoms with Crippen LogP contribution in [0.5, 0.6) is 0 Å². The van der Waals surface area contributed by atoms with Crippen molar-refractivity contribution < 1.29 is 23.1 Å². The van der Waals surface area contributed by atoms with Crippen LogP contribution in [0.1, 0.15) is 49.3 Å². The molecule has 0 aromatic heterocycles. The molecule has 4 rings (SSSR count). The third kappa shape index (κ3) is 5.11. The first-order chi connectivity index (χ1) is 16.8. The van der Waals surface area contributed by atoms with Gasteiger partial charge in [-0.3, -0.25) is 5.32 Å². The third-order valence-corrected chi connectivity index (χ3v) is 9.12. The number of hydrogen-bond acceptors (Lipinski definition) is 5. The quantitative estimate of drug-likeness (QED) is 0.472. The summed E-state index contributed by atoms with van der Waals surface area (Å²) in [5, 5.41) is 14.4. The van der Waals surface area contributed by atoms with E-state index < -0.39 is 33.4 Å². The number of amides is 1. The van der Waals surface area contributed by atoms with Gasteiger partial charge in [0.25, 0.3) is 0 Å². The van der Waals surface area contributed by atoms with Crippen LogP contribution in [0.25, 0.3) is 0 Å².